The van der Waals surface area contributed by atoms with E-state index in [4.69, 9.17) is 10.5 Å². The van der Waals surface area contributed by atoms with Crippen LogP contribution in [0.3, 0.4) is 0 Å². The van der Waals surface area contributed by atoms with Gasteiger partial charge in [0.1, 0.15) is 17.5 Å². The van der Waals surface area contributed by atoms with E-state index in [0.717, 1.165) is 0 Å². The molecule has 2 rings (SSSR count). The van der Waals surface area contributed by atoms with Crippen LogP contribution in [0.1, 0.15) is 20.8 Å². The number of hydrogen-bond acceptors (Lipinski definition) is 8. The van der Waals surface area contributed by atoms with E-state index in [2.05, 4.69) is 9.47 Å². The zero-order valence-electron chi connectivity index (χ0n) is 12.0. The van der Waals surface area contributed by atoms with E-state index in [1.165, 1.54) is 16.7 Å². The lowest BCUT2D eigenvalue weighted by Crippen LogP contribution is -2.68. The van der Waals surface area contributed by atoms with Crippen molar-refractivity contribution in [1.82, 2.24) is 4.90 Å². The maximum absolute atomic E-state index is 12.1. The molecule has 2 N–H and O–H groups in total. The Hall–Kier alpha value is -1.48. The first-order valence-corrected chi connectivity index (χ1v) is 7.39. The van der Waals surface area contributed by atoms with Gasteiger partial charge >= 0.3 is 12.1 Å². The van der Waals surface area contributed by atoms with E-state index < -0.39 is 35.7 Å². The Morgan fingerprint density at radius 2 is 2.00 bits per heavy atom. The number of esters is 1. The van der Waals surface area contributed by atoms with Crippen molar-refractivity contribution < 1.29 is 28.6 Å². The summed E-state index contributed by atoms with van der Waals surface area (Å²) in [5.41, 5.74) is 5.71. The van der Waals surface area contributed by atoms with Crippen LogP contribution in [-0.2, 0) is 23.8 Å². The van der Waals surface area contributed by atoms with Crippen LogP contribution >= 0.6 is 11.8 Å². The Labute approximate surface area is 126 Å². The minimum atomic E-state index is -0.912. The zero-order valence-corrected chi connectivity index (χ0v) is 12.8. The number of nitrogens with zero attached hydrogens (tertiary/aromatic N) is 1. The van der Waals surface area contributed by atoms with Crippen molar-refractivity contribution in [3.63, 3.8) is 0 Å². The molecule has 2 saturated heterocycles. The van der Waals surface area contributed by atoms with Gasteiger partial charge in [-0.1, -0.05) is 0 Å². The summed E-state index contributed by atoms with van der Waals surface area (Å²) in [6, 6.07) is -1.33. The van der Waals surface area contributed by atoms with Crippen molar-refractivity contribution in [2.45, 2.75) is 43.0 Å². The highest BCUT2D eigenvalue weighted by Gasteiger charge is 2.63. The SMILES string of the molecule is CCOC(=O)OCOC(=O)[C@@H]1N2C(=O)[C@@H](N)[C@H]2SC1(C)C. The van der Waals surface area contributed by atoms with E-state index in [1.807, 2.05) is 13.8 Å². The monoisotopic (exact) mass is 318 g/mol. The number of carbonyl (C=O) groups excluding carboxylic acids is 3. The molecule has 2 aliphatic rings. The van der Waals surface area contributed by atoms with Gasteiger partial charge in [-0.3, -0.25) is 4.79 Å². The number of carbonyl (C=O) groups is 3. The standard InChI is InChI=1S/C12H18N2O6S/c1-4-18-11(17)20-5-19-10(16)7-12(2,3)21-9-6(13)8(15)14(7)9/h6-7,9H,4-5,13H2,1-3H3/t6-,7+,9-/m1/s1. The van der Waals surface area contributed by atoms with Gasteiger partial charge in [-0.15, -0.1) is 11.8 Å². The average Bonchev–Trinajstić information content (AvgIpc) is 2.67. The molecule has 0 radical (unpaired) electrons. The molecule has 9 heteroatoms. The Bertz CT molecular complexity index is 469. The van der Waals surface area contributed by atoms with Crippen molar-refractivity contribution >= 4 is 29.8 Å². The summed E-state index contributed by atoms with van der Waals surface area (Å²) in [7, 11) is 0. The summed E-state index contributed by atoms with van der Waals surface area (Å²) in [6.45, 7) is 4.93. The maximum Gasteiger partial charge on any atom is 0.511 e. The third-order valence-corrected chi connectivity index (χ3v) is 4.94. The van der Waals surface area contributed by atoms with E-state index in [9.17, 15) is 14.4 Å². The molecule has 0 spiro atoms. The predicted octanol–water partition coefficient (Wildman–Crippen LogP) is 0.0498. The molecule has 0 saturated carbocycles. The first-order valence-electron chi connectivity index (χ1n) is 6.51. The van der Waals surface area contributed by atoms with E-state index in [0.29, 0.717) is 0 Å². The number of amides is 1. The number of hydrogen-bond donors (Lipinski definition) is 1. The van der Waals surface area contributed by atoms with Crippen LogP contribution in [-0.4, -0.2) is 58.5 Å². The van der Waals surface area contributed by atoms with Gasteiger partial charge in [0, 0.05) is 4.75 Å². The molecule has 0 unspecified atom stereocenters. The van der Waals surface area contributed by atoms with Crippen LogP contribution in [0.5, 0.6) is 0 Å². The summed E-state index contributed by atoms with van der Waals surface area (Å²) in [5, 5.41) is -0.212. The van der Waals surface area contributed by atoms with Gasteiger partial charge in [-0.2, -0.15) is 0 Å². The summed E-state index contributed by atoms with van der Waals surface area (Å²) in [4.78, 5) is 36.3. The fraction of sp³-hybridized carbons (Fsp3) is 0.750. The minimum Gasteiger partial charge on any atom is -0.435 e. The molecule has 2 fully saturated rings. The van der Waals surface area contributed by atoms with Gasteiger partial charge in [-0.05, 0) is 20.8 Å². The second-order valence-electron chi connectivity index (χ2n) is 5.19. The molecule has 2 aliphatic heterocycles. The highest BCUT2D eigenvalue weighted by molar-refractivity contribution is 8.01. The topological polar surface area (TPSA) is 108 Å². The Morgan fingerprint density at radius 3 is 2.62 bits per heavy atom. The van der Waals surface area contributed by atoms with Crippen molar-refractivity contribution in [2.24, 2.45) is 5.73 Å². The molecule has 118 valence electrons. The molecule has 0 aliphatic carbocycles. The molecule has 1 amide bonds. The minimum absolute atomic E-state index is 0.168. The average molecular weight is 318 g/mol. The molecule has 21 heavy (non-hydrogen) atoms. The van der Waals surface area contributed by atoms with Crippen LogP contribution in [0.4, 0.5) is 4.79 Å². The maximum atomic E-state index is 12.1. The van der Waals surface area contributed by atoms with Gasteiger partial charge in [-0.25, -0.2) is 9.59 Å². The highest BCUT2D eigenvalue weighted by atomic mass is 32.2. The Kier molecular flexibility index (Phi) is 4.33. The Balaban J connectivity index is 1.92. The van der Waals surface area contributed by atoms with Gasteiger partial charge in [0.15, 0.2) is 0 Å². The van der Waals surface area contributed by atoms with Crippen LogP contribution in [0.15, 0.2) is 0 Å². The molecule has 0 aromatic heterocycles. The molecular weight excluding hydrogens is 300 g/mol. The third-order valence-electron chi connectivity index (χ3n) is 3.35. The number of fused-ring (bicyclic) bond motifs is 1. The quantitative estimate of drug-likeness (QED) is 0.440. The zero-order chi connectivity index (χ0) is 15.8. The fourth-order valence-electron chi connectivity index (χ4n) is 2.40. The molecule has 3 atom stereocenters. The summed E-state index contributed by atoms with van der Waals surface area (Å²) in [6.07, 6.45) is -0.912. The van der Waals surface area contributed by atoms with E-state index in [-0.39, 0.29) is 17.9 Å². The summed E-state index contributed by atoms with van der Waals surface area (Å²) in [5.74, 6) is -0.897. The smallest absolute Gasteiger partial charge is 0.435 e. The lowest BCUT2D eigenvalue weighted by molar-refractivity contribution is -0.169. The number of β-lactam (4-membered cyclic amide) rings is 1. The molecule has 0 bridgehead atoms. The lowest BCUT2D eigenvalue weighted by Gasteiger charge is -2.41. The summed E-state index contributed by atoms with van der Waals surface area (Å²) < 4.78 is 13.5. The molecule has 0 aromatic rings. The van der Waals surface area contributed by atoms with Gasteiger partial charge in [0.2, 0.25) is 12.7 Å². The normalized spacial score (nSPS) is 29.4. The first kappa shape index (κ1) is 15.9. The van der Waals surface area contributed by atoms with Crippen molar-refractivity contribution in [3.05, 3.63) is 0 Å². The van der Waals surface area contributed by atoms with Gasteiger partial charge in [0.25, 0.3) is 0 Å². The molecule has 2 heterocycles. The van der Waals surface area contributed by atoms with Crippen molar-refractivity contribution in [2.75, 3.05) is 13.4 Å². The van der Waals surface area contributed by atoms with Crippen LogP contribution in [0.25, 0.3) is 0 Å². The first-order chi connectivity index (χ1) is 9.79. The highest BCUT2D eigenvalue weighted by Crippen LogP contribution is 2.50. The van der Waals surface area contributed by atoms with E-state index in [1.54, 1.807) is 6.92 Å². The Morgan fingerprint density at radius 1 is 1.33 bits per heavy atom. The lowest BCUT2D eigenvalue weighted by atomic mass is 9.96. The molecule has 8 nitrogen and oxygen atoms in total. The van der Waals surface area contributed by atoms with Gasteiger partial charge < -0.3 is 24.8 Å². The molecular formula is C12H18N2O6S. The number of rotatable bonds is 4. The number of ether oxygens (including phenoxy) is 3. The predicted molar refractivity (Wildman–Crippen MR) is 73.1 cm³/mol. The van der Waals surface area contributed by atoms with E-state index >= 15 is 0 Å². The number of thioether (sulfide) groups is 1. The second kappa shape index (κ2) is 5.72. The largest absolute Gasteiger partial charge is 0.511 e. The van der Waals surface area contributed by atoms with Crippen molar-refractivity contribution in [1.29, 1.82) is 0 Å². The fourth-order valence-corrected chi connectivity index (χ4v) is 3.96. The second-order valence-corrected chi connectivity index (χ2v) is 6.97. The van der Waals surface area contributed by atoms with Crippen LogP contribution < -0.4 is 5.73 Å². The molecule has 0 aromatic carbocycles. The van der Waals surface area contributed by atoms with Crippen LogP contribution in [0, 0.1) is 0 Å². The summed E-state index contributed by atoms with van der Waals surface area (Å²) >= 11 is 1.46. The third kappa shape index (κ3) is 2.80. The van der Waals surface area contributed by atoms with Crippen LogP contribution in [0.2, 0.25) is 0 Å². The van der Waals surface area contributed by atoms with Crippen molar-refractivity contribution in [3.8, 4) is 0 Å². The number of nitrogens with two attached hydrogens (primary N) is 1. The van der Waals surface area contributed by atoms with Gasteiger partial charge in [0.05, 0.1) is 6.61 Å².